The lowest BCUT2D eigenvalue weighted by Crippen LogP contribution is -2.22. The molecule has 1 aromatic carbocycles. The molecule has 4 N–H and O–H groups in total. The molecule has 22 heavy (non-hydrogen) atoms. The number of guanidine groups is 1. The minimum atomic E-state index is -0.506. The third-order valence-electron chi connectivity index (χ3n) is 2.86. The Kier molecular flexibility index (Phi) is 7.38. The summed E-state index contributed by atoms with van der Waals surface area (Å²) in [5.74, 6) is 0.0492. The van der Waals surface area contributed by atoms with Crippen LogP contribution in [-0.2, 0) is 4.79 Å². The highest BCUT2D eigenvalue weighted by Crippen LogP contribution is 2.18. The Morgan fingerprint density at radius 3 is 2.36 bits per heavy atom. The number of benzene rings is 1. The Bertz CT molecular complexity index is 524. The third-order valence-corrected chi connectivity index (χ3v) is 2.86. The highest BCUT2D eigenvalue weighted by Gasteiger charge is 2.08. The molecular weight excluding hydrogens is 288 g/mol. The van der Waals surface area contributed by atoms with Crippen molar-refractivity contribution in [3.8, 4) is 5.75 Å². The molecule has 0 aliphatic rings. The number of hydrogen-bond donors (Lipinski definition) is 2. The van der Waals surface area contributed by atoms with Gasteiger partial charge in [-0.1, -0.05) is 12.8 Å². The SMILES string of the molecule is NC(N)=NCCCCCCC(=O)Oc1ccc([N+](=O)[O-])cc1. The molecule has 0 spiro atoms. The van der Waals surface area contributed by atoms with E-state index in [-0.39, 0.29) is 17.6 Å². The maximum absolute atomic E-state index is 11.6. The molecule has 0 fully saturated rings. The largest absolute Gasteiger partial charge is 0.427 e. The van der Waals surface area contributed by atoms with Gasteiger partial charge in [-0.3, -0.25) is 19.9 Å². The molecule has 120 valence electrons. The number of aliphatic imine (C=N–C) groups is 1. The number of nitrogens with two attached hydrogens (primary N) is 2. The summed E-state index contributed by atoms with van der Waals surface area (Å²) >= 11 is 0. The lowest BCUT2D eigenvalue weighted by molar-refractivity contribution is -0.384. The zero-order valence-corrected chi connectivity index (χ0v) is 12.2. The summed E-state index contributed by atoms with van der Waals surface area (Å²) in [6.45, 7) is 0.593. The molecule has 0 saturated heterocycles. The molecule has 0 heterocycles. The van der Waals surface area contributed by atoms with Crippen molar-refractivity contribution in [3.05, 3.63) is 34.4 Å². The highest BCUT2D eigenvalue weighted by atomic mass is 16.6. The van der Waals surface area contributed by atoms with Crippen LogP contribution in [0.3, 0.4) is 0 Å². The van der Waals surface area contributed by atoms with Crippen molar-refractivity contribution >= 4 is 17.6 Å². The predicted molar refractivity (Wildman–Crippen MR) is 82.5 cm³/mol. The van der Waals surface area contributed by atoms with E-state index in [2.05, 4.69) is 4.99 Å². The zero-order valence-electron chi connectivity index (χ0n) is 12.2. The van der Waals surface area contributed by atoms with Crippen LogP contribution in [-0.4, -0.2) is 23.4 Å². The lowest BCUT2D eigenvalue weighted by atomic mass is 10.1. The Morgan fingerprint density at radius 1 is 1.14 bits per heavy atom. The van der Waals surface area contributed by atoms with E-state index in [4.69, 9.17) is 16.2 Å². The van der Waals surface area contributed by atoms with Gasteiger partial charge in [-0.15, -0.1) is 0 Å². The van der Waals surface area contributed by atoms with E-state index in [1.165, 1.54) is 24.3 Å². The fourth-order valence-electron chi connectivity index (χ4n) is 1.76. The van der Waals surface area contributed by atoms with Crippen molar-refractivity contribution in [2.75, 3.05) is 6.54 Å². The van der Waals surface area contributed by atoms with Crippen LogP contribution in [0.4, 0.5) is 5.69 Å². The van der Waals surface area contributed by atoms with Gasteiger partial charge in [0.2, 0.25) is 0 Å². The van der Waals surface area contributed by atoms with Gasteiger partial charge < -0.3 is 16.2 Å². The second-order valence-corrected chi connectivity index (χ2v) is 4.70. The first-order valence-corrected chi connectivity index (χ1v) is 6.99. The van der Waals surface area contributed by atoms with E-state index in [0.717, 1.165) is 19.3 Å². The van der Waals surface area contributed by atoms with Crippen LogP contribution in [0.2, 0.25) is 0 Å². The number of nitrogens with zero attached hydrogens (tertiary/aromatic N) is 2. The molecule has 0 bridgehead atoms. The number of ether oxygens (including phenoxy) is 1. The number of carbonyl (C=O) groups excluding carboxylic acids is 1. The summed E-state index contributed by atoms with van der Waals surface area (Å²) in [5, 5.41) is 10.5. The molecule has 0 unspecified atom stereocenters. The maximum atomic E-state index is 11.6. The fourth-order valence-corrected chi connectivity index (χ4v) is 1.76. The zero-order chi connectivity index (χ0) is 16.4. The Morgan fingerprint density at radius 2 is 1.77 bits per heavy atom. The van der Waals surface area contributed by atoms with Crippen molar-refractivity contribution in [3.63, 3.8) is 0 Å². The van der Waals surface area contributed by atoms with Crippen molar-refractivity contribution in [2.24, 2.45) is 16.5 Å². The molecule has 0 atom stereocenters. The number of carbonyl (C=O) groups is 1. The van der Waals surface area contributed by atoms with Crippen LogP contribution in [0.25, 0.3) is 0 Å². The average molecular weight is 308 g/mol. The first-order chi connectivity index (χ1) is 10.5. The van der Waals surface area contributed by atoms with E-state index in [9.17, 15) is 14.9 Å². The standard InChI is InChI=1S/C14H20N4O4/c15-14(16)17-10-4-2-1-3-5-13(19)22-12-8-6-11(7-9-12)18(20)21/h6-9H,1-5,10H2,(H4,15,16,17). The monoisotopic (exact) mass is 308 g/mol. The number of rotatable bonds is 9. The Labute approximate surface area is 128 Å². The topological polar surface area (TPSA) is 134 Å². The number of nitro groups is 1. The molecule has 8 nitrogen and oxygen atoms in total. The number of esters is 1. The summed E-state index contributed by atoms with van der Waals surface area (Å²) in [4.78, 5) is 25.5. The van der Waals surface area contributed by atoms with Gasteiger partial charge in [0.1, 0.15) is 5.75 Å². The highest BCUT2D eigenvalue weighted by molar-refractivity contribution is 5.75. The average Bonchev–Trinajstić information content (AvgIpc) is 2.46. The van der Waals surface area contributed by atoms with Crippen LogP contribution < -0.4 is 16.2 Å². The van der Waals surface area contributed by atoms with Crippen LogP contribution in [0.15, 0.2) is 29.3 Å². The second kappa shape index (κ2) is 9.32. The van der Waals surface area contributed by atoms with Crippen LogP contribution >= 0.6 is 0 Å². The van der Waals surface area contributed by atoms with Gasteiger partial charge in [0.15, 0.2) is 5.96 Å². The van der Waals surface area contributed by atoms with Gasteiger partial charge in [-0.05, 0) is 25.0 Å². The number of nitro benzene ring substituents is 1. The third kappa shape index (κ3) is 7.22. The smallest absolute Gasteiger partial charge is 0.311 e. The van der Waals surface area contributed by atoms with Crippen LogP contribution in [0.5, 0.6) is 5.75 Å². The molecule has 0 saturated carbocycles. The lowest BCUT2D eigenvalue weighted by Gasteiger charge is -2.04. The van der Waals surface area contributed by atoms with Gasteiger partial charge in [0.25, 0.3) is 5.69 Å². The van der Waals surface area contributed by atoms with Crippen molar-refractivity contribution < 1.29 is 14.5 Å². The van der Waals surface area contributed by atoms with E-state index in [1.807, 2.05) is 0 Å². The first kappa shape index (κ1) is 17.4. The van der Waals surface area contributed by atoms with E-state index >= 15 is 0 Å². The number of unbranched alkanes of at least 4 members (excludes halogenated alkanes) is 3. The fraction of sp³-hybridized carbons (Fsp3) is 0.429. The second-order valence-electron chi connectivity index (χ2n) is 4.70. The normalized spacial score (nSPS) is 10.0. The molecule has 0 aliphatic carbocycles. The van der Waals surface area contributed by atoms with Gasteiger partial charge >= 0.3 is 5.97 Å². The van der Waals surface area contributed by atoms with E-state index < -0.39 is 4.92 Å². The predicted octanol–water partition coefficient (Wildman–Crippen LogP) is 1.72. The Balaban J connectivity index is 2.18. The molecule has 0 radical (unpaired) electrons. The van der Waals surface area contributed by atoms with Crippen molar-refractivity contribution in [2.45, 2.75) is 32.1 Å². The summed E-state index contributed by atoms with van der Waals surface area (Å²) in [5.41, 5.74) is 10.4. The number of non-ortho nitro benzene ring substituents is 1. The van der Waals surface area contributed by atoms with Crippen LogP contribution in [0.1, 0.15) is 32.1 Å². The quantitative estimate of drug-likeness (QED) is 0.136. The molecule has 8 heteroatoms. The summed E-state index contributed by atoms with van der Waals surface area (Å²) in [7, 11) is 0. The summed E-state index contributed by atoms with van der Waals surface area (Å²) < 4.78 is 5.09. The minimum absolute atomic E-state index is 0.0411. The van der Waals surface area contributed by atoms with Gasteiger partial charge in [-0.25, -0.2) is 0 Å². The van der Waals surface area contributed by atoms with Crippen LogP contribution in [0, 0.1) is 10.1 Å². The van der Waals surface area contributed by atoms with Gasteiger partial charge in [0, 0.05) is 25.1 Å². The maximum Gasteiger partial charge on any atom is 0.311 e. The molecule has 0 amide bonds. The Hall–Kier alpha value is -2.64. The first-order valence-electron chi connectivity index (χ1n) is 6.99. The van der Waals surface area contributed by atoms with E-state index in [1.54, 1.807) is 0 Å². The van der Waals surface area contributed by atoms with Gasteiger partial charge in [-0.2, -0.15) is 0 Å². The summed E-state index contributed by atoms with van der Waals surface area (Å²) in [6, 6.07) is 5.41. The van der Waals surface area contributed by atoms with Crippen molar-refractivity contribution in [1.29, 1.82) is 0 Å². The molecular formula is C14H20N4O4. The van der Waals surface area contributed by atoms with E-state index in [0.29, 0.717) is 25.1 Å². The molecule has 1 rings (SSSR count). The molecule has 1 aromatic rings. The van der Waals surface area contributed by atoms with Crippen molar-refractivity contribution in [1.82, 2.24) is 0 Å². The molecule has 0 aromatic heterocycles. The van der Waals surface area contributed by atoms with Gasteiger partial charge in [0.05, 0.1) is 4.92 Å². The summed E-state index contributed by atoms with van der Waals surface area (Å²) in [6.07, 6.45) is 3.71. The molecule has 0 aliphatic heterocycles. The minimum Gasteiger partial charge on any atom is -0.427 e. The number of hydrogen-bond acceptors (Lipinski definition) is 5.